The normalized spacial score (nSPS) is 12.0. The van der Waals surface area contributed by atoms with Gasteiger partial charge >= 0.3 is 0 Å². The first-order valence-corrected chi connectivity index (χ1v) is 2.56. The maximum absolute atomic E-state index is 8.34. The van der Waals surface area contributed by atoms with Crippen LogP contribution in [0.3, 0.4) is 0 Å². The van der Waals surface area contributed by atoms with Gasteiger partial charge in [-0.2, -0.15) is 0 Å². The lowest BCUT2D eigenvalue weighted by atomic mass is 10.1. The summed E-state index contributed by atoms with van der Waals surface area (Å²) in [6.07, 6.45) is 0.448. The molecule has 0 aromatic carbocycles. The van der Waals surface area contributed by atoms with Crippen LogP contribution in [0.15, 0.2) is 0 Å². The first-order chi connectivity index (χ1) is 3.62. The summed E-state index contributed by atoms with van der Waals surface area (Å²) >= 11 is 0. The average Bonchev–Trinajstić information content (AvgIpc) is 1.67. The van der Waals surface area contributed by atoms with Crippen LogP contribution >= 0.6 is 0 Å². The summed E-state index contributed by atoms with van der Waals surface area (Å²) < 4.78 is 0. The average molecular weight is 120 g/mol. The zero-order chi connectivity index (χ0) is 6.62. The fourth-order valence-corrected chi connectivity index (χ4v) is 0.315. The lowest BCUT2D eigenvalue weighted by Crippen LogP contribution is -2.23. The summed E-state index contributed by atoms with van der Waals surface area (Å²) in [5, 5.41) is 16.5. The molecule has 8 heavy (non-hydrogen) atoms. The van der Waals surface area contributed by atoms with E-state index in [1.807, 2.05) is 0 Å². The van der Waals surface area contributed by atoms with Gasteiger partial charge in [-0.3, -0.25) is 5.26 Å². The SMILES string of the molecule is CC(C)(CCO)OO. The number of hydrogen-bond acceptors (Lipinski definition) is 3. The molecule has 3 heteroatoms. The Hall–Kier alpha value is -0.120. The predicted octanol–water partition coefficient (Wildman–Crippen LogP) is 0.637. The highest BCUT2D eigenvalue weighted by molar-refractivity contribution is 4.64. The van der Waals surface area contributed by atoms with E-state index in [9.17, 15) is 0 Å². The Kier molecular flexibility index (Phi) is 2.97. The lowest BCUT2D eigenvalue weighted by molar-refractivity contribution is -0.315. The standard InChI is InChI=1S/C5H12O3/c1-5(2,8-7)3-4-6/h6-7H,3-4H2,1-2H3. The molecule has 0 amide bonds. The van der Waals surface area contributed by atoms with Crippen molar-refractivity contribution in [3.8, 4) is 0 Å². The van der Waals surface area contributed by atoms with Crippen molar-refractivity contribution >= 4 is 0 Å². The van der Waals surface area contributed by atoms with Gasteiger partial charge < -0.3 is 5.11 Å². The summed E-state index contributed by atoms with van der Waals surface area (Å²) in [6, 6.07) is 0. The molecule has 0 bridgehead atoms. The Bertz CT molecular complexity index is 60.7. The van der Waals surface area contributed by atoms with Gasteiger partial charge in [0.1, 0.15) is 0 Å². The first kappa shape index (κ1) is 7.88. The predicted molar refractivity (Wildman–Crippen MR) is 29.5 cm³/mol. The maximum Gasteiger partial charge on any atom is 0.0999 e. The van der Waals surface area contributed by atoms with Crippen molar-refractivity contribution in [1.82, 2.24) is 0 Å². The second-order valence-electron chi connectivity index (χ2n) is 2.32. The van der Waals surface area contributed by atoms with E-state index in [1.54, 1.807) is 13.8 Å². The van der Waals surface area contributed by atoms with Gasteiger partial charge in [-0.1, -0.05) is 0 Å². The molecule has 2 N–H and O–H groups in total. The minimum Gasteiger partial charge on any atom is -0.396 e. The fraction of sp³-hybridized carbons (Fsp3) is 1.00. The molecule has 0 saturated heterocycles. The van der Waals surface area contributed by atoms with E-state index < -0.39 is 5.60 Å². The largest absolute Gasteiger partial charge is 0.396 e. The van der Waals surface area contributed by atoms with Crippen LogP contribution in [0.4, 0.5) is 0 Å². The number of hydrogen-bond donors (Lipinski definition) is 2. The quantitative estimate of drug-likeness (QED) is 0.424. The number of rotatable bonds is 3. The molecule has 0 atom stereocenters. The molecule has 0 heterocycles. The highest BCUT2D eigenvalue weighted by Gasteiger charge is 2.16. The molecule has 0 unspecified atom stereocenters. The van der Waals surface area contributed by atoms with Crippen molar-refractivity contribution in [2.24, 2.45) is 0 Å². The Morgan fingerprint density at radius 2 is 2.00 bits per heavy atom. The van der Waals surface area contributed by atoms with E-state index in [4.69, 9.17) is 10.4 Å². The van der Waals surface area contributed by atoms with Gasteiger partial charge in [0.05, 0.1) is 5.60 Å². The van der Waals surface area contributed by atoms with Gasteiger partial charge in [0.2, 0.25) is 0 Å². The van der Waals surface area contributed by atoms with Crippen LogP contribution < -0.4 is 0 Å². The van der Waals surface area contributed by atoms with Crippen molar-refractivity contribution in [2.75, 3.05) is 6.61 Å². The van der Waals surface area contributed by atoms with Crippen LogP contribution in [0.25, 0.3) is 0 Å². The second-order valence-corrected chi connectivity index (χ2v) is 2.32. The van der Waals surface area contributed by atoms with Crippen molar-refractivity contribution in [1.29, 1.82) is 0 Å². The van der Waals surface area contributed by atoms with E-state index in [2.05, 4.69) is 4.89 Å². The summed E-state index contributed by atoms with van der Waals surface area (Å²) in [6.45, 7) is 3.43. The van der Waals surface area contributed by atoms with E-state index in [-0.39, 0.29) is 6.61 Å². The topological polar surface area (TPSA) is 49.7 Å². The third-order valence-corrected chi connectivity index (χ3v) is 0.961. The molecule has 0 rings (SSSR count). The number of aliphatic hydroxyl groups is 1. The summed E-state index contributed by atoms with van der Waals surface area (Å²) in [5.74, 6) is 0. The van der Waals surface area contributed by atoms with Crippen molar-refractivity contribution in [2.45, 2.75) is 25.9 Å². The minimum absolute atomic E-state index is 0.0353. The molecule has 0 fully saturated rings. The molecular formula is C5H12O3. The van der Waals surface area contributed by atoms with E-state index in [0.29, 0.717) is 6.42 Å². The molecule has 3 nitrogen and oxygen atoms in total. The highest BCUT2D eigenvalue weighted by Crippen LogP contribution is 2.10. The Morgan fingerprint density at radius 1 is 1.50 bits per heavy atom. The van der Waals surface area contributed by atoms with Crippen molar-refractivity contribution in [3.05, 3.63) is 0 Å². The molecule has 0 radical (unpaired) electrons. The molecule has 0 aliphatic heterocycles. The maximum atomic E-state index is 8.34. The van der Waals surface area contributed by atoms with E-state index >= 15 is 0 Å². The molecule has 0 aliphatic carbocycles. The Morgan fingerprint density at radius 3 is 2.12 bits per heavy atom. The molecule has 0 aromatic heterocycles. The van der Waals surface area contributed by atoms with Gasteiger partial charge in [-0.25, -0.2) is 4.89 Å². The van der Waals surface area contributed by atoms with Crippen LogP contribution in [0, 0.1) is 0 Å². The Labute approximate surface area is 48.8 Å². The van der Waals surface area contributed by atoms with Crippen LogP contribution in [0.1, 0.15) is 20.3 Å². The summed E-state index contributed by atoms with van der Waals surface area (Å²) in [4.78, 5) is 4.02. The first-order valence-electron chi connectivity index (χ1n) is 2.56. The van der Waals surface area contributed by atoms with Crippen LogP contribution in [-0.2, 0) is 4.89 Å². The molecular weight excluding hydrogens is 108 g/mol. The van der Waals surface area contributed by atoms with Crippen molar-refractivity contribution < 1.29 is 15.3 Å². The zero-order valence-electron chi connectivity index (χ0n) is 5.22. The zero-order valence-corrected chi connectivity index (χ0v) is 5.22. The third kappa shape index (κ3) is 2.96. The van der Waals surface area contributed by atoms with Gasteiger partial charge in [-0.05, 0) is 13.8 Å². The van der Waals surface area contributed by atoms with Gasteiger partial charge in [0.25, 0.3) is 0 Å². The van der Waals surface area contributed by atoms with E-state index in [0.717, 1.165) is 0 Å². The second kappa shape index (κ2) is 3.02. The molecule has 0 aliphatic rings. The van der Waals surface area contributed by atoms with Gasteiger partial charge in [-0.15, -0.1) is 0 Å². The molecule has 0 spiro atoms. The smallest absolute Gasteiger partial charge is 0.0999 e. The van der Waals surface area contributed by atoms with E-state index in [1.165, 1.54) is 0 Å². The molecule has 0 saturated carbocycles. The van der Waals surface area contributed by atoms with Crippen LogP contribution in [-0.4, -0.2) is 22.6 Å². The van der Waals surface area contributed by atoms with Gasteiger partial charge in [0, 0.05) is 13.0 Å². The lowest BCUT2D eigenvalue weighted by Gasteiger charge is -2.17. The summed E-state index contributed by atoms with van der Waals surface area (Å²) in [7, 11) is 0. The summed E-state index contributed by atoms with van der Waals surface area (Å²) in [5.41, 5.74) is -0.602. The molecule has 50 valence electrons. The monoisotopic (exact) mass is 120 g/mol. The van der Waals surface area contributed by atoms with Crippen LogP contribution in [0.2, 0.25) is 0 Å². The fourth-order valence-electron chi connectivity index (χ4n) is 0.315. The third-order valence-electron chi connectivity index (χ3n) is 0.961. The van der Waals surface area contributed by atoms with Gasteiger partial charge in [0.15, 0.2) is 0 Å². The Balaban J connectivity index is 3.37. The van der Waals surface area contributed by atoms with Crippen LogP contribution in [0.5, 0.6) is 0 Å². The number of aliphatic hydroxyl groups excluding tert-OH is 1. The molecule has 0 aromatic rings. The minimum atomic E-state index is -0.602. The highest BCUT2D eigenvalue weighted by atomic mass is 17.1. The van der Waals surface area contributed by atoms with Crippen molar-refractivity contribution in [3.63, 3.8) is 0 Å².